The number of hydrogen-bond acceptors (Lipinski definition) is 4. The first-order valence-corrected chi connectivity index (χ1v) is 6.83. The van der Waals surface area contributed by atoms with Crippen molar-refractivity contribution >= 4 is 34.8 Å². The Labute approximate surface area is 129 Å². The molecule has 102 valence electrons. The number of carbonyl (C=O) groups is 2. The zero-order valence-electron chi connectivity index (χ0n) is 10.6. The smallest absolute Gasteiger partial charge is 0.343 e. The molecule has 0 saturated carbocycles. The van der Waals surface area contributed by atoms with Gasteiger partial charge in [0.05, 0.1) is 16.2 Å². The highest BCUT2D eigenvalue weighted by Crippen LogP contribution is 2.22. The average Bonchev–Trinajstić information content (AvgIpc) is 2.48. The molecule has 2 aromatic rings. The van der Waals surface area contributed by atoms with Gasteiger partial charge in [0, 0.05) is 5.56 Å². The number of methoxy groups -OCH3 is 1. The first-order chi connectivity index (χ1) is 9.63. The maximum Gasteiger partial charge on any atom is 0.343 e. The molecule has 2 aromatic carbocycles. The lowest BCUT2D eigenvalue weighted by Crippen LogP contribution is -2.08. The van der Waals surface area contributed by atoms with Crippen LogP contribution in [0.15, 0.2) is 42.5 Å². The van der Waals surface area contributed by atoms with Gasteiger partial charge in [-0.1, -0.05) is 0 Å². The number of halogens is 1. The number of hydrogen-bond donors (Lipinski definition) is 0. The second-order valence-electron chi connectivity index (χ2n) is 3.93. The minimum Gasteiger partial charge on any atom is -0.496 e. The fourth-order valence-corrected chi connectivity index (χ4v) is 2.31. The van der Waals surface area contributed by atoms with Crippen LogP contribution in [0.2, 0.25) is 0 Å². The van der Waals surface area contributed by atoms with E-state index in [9.17, 15) is 9.59 Å². The van der Waals surface area contributed by atoms with Gasteiger partial charge in [0.2, 0.25) is 0 Å². The van der Waals surface area contributed by atoms with Crippen LogP contribution in [0.25, 0.3) is 0 Å². The first kappa shape index (κ1) is 14.5. The summed E-state index contributed by atoms with van der Waals surface area (Å²) in [5.41, 5.74) is 0.971. The van der Waals surface area contributed by atoms with E-state index in [0.717, 1.165) is 9.86 Å². The molecule has 0 saturated heterocycles. The van der Waals surface area contributed by atoms with Crippen LogP contribution >= 0.6 is 22.6 Å². The number of carbonyl (C=O) groups excluding carboxylic acids is 2. The normalized spacial score (nSPS) is 9.90. The Hall–Kier alpha value is -1.89. The van der Waals surface area contributed by atoms with E-state index in [2.05, 4.69) is 22.6 Å². The van der Waals surface area contributed by atoms with Crippen LogP contribution < -0.4 is 9.47 Å². The molecule has 20 heavy (non-hydrogen) atoms. The summed E-state index contributed by atoms with van der Waals surface area (Å²) in [6, 6.07) is 11.4. The first-order valence-electron chi connectivity index (χ1n) is 5.75. The predicted molar refractivity (Wildman–Crippen MR) is 82.5 cm³/mol. The summed E-state index contributed by atoms with van der Waals surface area (Å²) in [6.07, 6.45) is 0.734. The van der Waals surface area contributed by atoms with Crippen LogP contribution in [0, 0.1) is 3.57 Å². The van der Waals surface area contributed by atoms with Crippen LogP contribution in [0.3, 0.4) is 0 Å². The molecule has 2 rings (SSSR count). The van der Waals surface area contributed by atoms with Crippen molar-refractivity contribution in [1.82, 2.24) is 0 Å². The average molecular weight is 382 g/mol. The summed E-state index contributed by atoms with van der Waals surface area (Å²) in [4.78, 5) is 22.5. The van der Waals surface area contributed by atoms with E-state index in [4.69, 9.17) is 9.47 Å². The molecule has 0 amide bonds. The third kappa shape index (κ3) is 3.36. The lowest BCUT2D eigenvalue weighted by molar-refractivity contribution is 0.0734. The van der Waals surface area contributed by atoms with Gasteiger partial charge in [0.15, 0.2) is 0 Å². The largest absolute Gasteiger partial charge is 0.496 e. The lowest BCUT2D eigenvalue weighted by Gasteiger charge is -2.07. The molecule has 0 bridgehead atoms. The minimum absolute atomic E-state index is 0.395. The summed E-state index contributed by atoms with van der Waals surface area (Å²) in [5, 5.41) is 0. The lowest BCUT2D eigenvalue weighted by atomic mass is 10.2. The van der Waals surface area contributed by atoms with Crippen LogP contribution in [-0.2, 0) is 0 Å². The Balaban J connectivity index is 2.14. The monoisotopic (exact) mass is 382 g/mol. The van der Waals surface area contributed by atoms with Gasteiger partial charge in [-0.3, -0.25) is 4.79 Å². The van der Waals surface area contributed by atoms with Crippen molar-refractivity contribution in [2.45, 2.75) is 0 Å². The summed E-state index contributed by atoms with van der Waals surface area (Å²) >= 11 is 2.09. The van der Waals surface area contributed by atoms with Crippen molar-refractivity contribution in [2.75, 3.05) is 7.11 Å². The van der Waals surface area contributed by atoms with Crippen molar-refractivity contribution in [3.8, 4) is 11.5 Å². The topological polar surface area (TPSA) is 52.6 Å². The number of ether oxygens (including phenoxy) is 2. The molecule has 0 atom stereocenters. The summed E-state index contributed by atoms with van der Waals surface area (Å²) in [5.74, 6) is 0.647. The van der Waals surface area contributed by atoms with E-state index in [0.29, 0.717) is 22.6 Å². The Morgan fingerprint density at radius 3 is 2.40 bits per heavy atom. The van der Waals surface area contributed by atoms with Crippen molar-refractivity contribution in [2.24, 2.45) is 0 Å². The molecular formula is C15H11IO4. The fourth-order valence-electron chi connectivity index (χ4n) is 1.57. The van der Waals surface area contributed by atoms with E-state index >= 15 is 0 Å². The molecule has 0 spiro atoms. The molecule has 0 unspecified atom stereocenters. The summed E-state index contributed by atoms with van der Waals surface area (Å²) < 4.78 is 11.2. The maximum absolute atomic E-state index is 12.0. The van der Waals surface area contributed by atoms with Crippen LogP contribution in [0.4, 0.5) is 0 Å². The second kappa shape index (κ2) is 6.51. The highest BCUT2D eigenvalue weighted by atomic mass is 127. The Bertz CT molecular complexity index is 635. The van der Waals surface area contributed by atoms with Crippen molar-refractivity contribution in [3.63, 3.8) is 0 Å². The molecule has 0 heterocycles. The van der Waals surface area contributed by atoms with Crippen LogP contribution in [0.1, 0.15) is 20.7 Å². The van der Waals surface area contributed by atoms with Gasteiger partial charge >= 0.3 is 5.97 Å². The van der Waals surface area contributed by atoms with Gasteiger partial charge in [-0.05, 0) is 65.1 Å². The van der Waals surface area contributed by atoms with Crippen molar-refractivity contribution < 1.29 is 19.1 Å². The maximum atomic E-state index is 12.0. The van der Waals surface area contributed by atoms with Crippen LogP contribution in [0.5, 0.6) is 11.5 Å². The van der Waals surface area contributed by atoms with Crippen molar-refractivity contribution in [3.05, 3.63) is 57.2 Å². The van der Waals surface area contributed by atoms with Gasteiger partial charge in [-0.15, -0.1) is 0 Å². The van der Waals surface area contributed by atoms with Crippen molar-refractivity contribution in [1.29, 1.82) is 0 Å². The minimum atomic E-state index is -0.454. The molecule has 5 heteroatoms. The predicted octanol–water partition coefficient (Wildman–Crippen LogP) is 3.33. The number of rotatable bonds is 4. The molecule has 0 radical (unpaired) electrons. The Morgan fingerprint density at radius 2 is 1.85 bits per heavy atom. The number of esters is 1. The summed E-state index contributed by atoms with van der Waals surface area (Å²) in [7, 11) is 1.57. The van der Waals surface area contributed by atoms with Gasteiger partial charge < -0.3 is 9.47 Å². The molecule has 0 aromatic heterocycles. The molecule has 0 aliphatic rings. The van der Waals surface area contributed by atoms with E-state index in [1.54, 1.807) is 49.6 Å². The standard InChI is InChI=1S/C15H11IO4/c1-19-14-7-4-11(8-13(14)16)15(18)20-12-5-2-10(9-17)3-6-12/h2-9H,1H3. The van der Waals surface area contributed by atoms with Gasteiger partial charge in [-0.25, -0.2) is 4.79 Å². The second-order valence-corrected chi connectivity index (χ2v) is 5.09. The van der Waals surface area contributed by atoms with E-state index in [1.807, 2.05) is 0 Å². The van der Waals surface area contributed by atoms with E-state index in [-0.39, 0.29) is 0 Å². The molecule has 0 aliphatic heterocycles. The number of aldehydes is 1. The SMILES string of the molecule is COc1ccc(C(=O)Oc2ccc(C=O)cc2)cc1I. The highest BCUT2D eigenvalue weighted by Gasteiger charge is 2.11. The third-order valence-corrected chi connectivity index (χ3v) is 3.46. The summed E-state index contributed by atoms with van der Waals surface area (Å²) in [6.45, 7) is 0. The van der Waals surface area contributed by atoms with Gasteiger partial charge in [0.1, 0.15) is 17.8 Å². The van der Waals surface area contributed by atoms with Gasteiger partial charge in [0.25, 0.3) is 0 Å². The molecule has 0 fully saturated rings. The number of benzene rings is 2. The molecule has 0 N–H and O–H groups in total. The molecule has 4 nitrogen and oxygen atoms in total. The Morgan fingerprint density at radius 1 is 1.15 bits per heavy atom. The molecule has 0 aliphatic carbocycles. The quantitative estimate of drug-likeness (QED) is 0.352. The van der Waals surface area contributed by atoms with E-state index in [1.165, 1.54) is 0 Å². The van der Waals surface area contributed by atoms with Gasteiger partial charge in [-0.2, -0.15) is 0 Å². The third-order valence-electron chi connectivity index (χ3n) is 2.61. The van der Waals surface area contributed by atoms with E-state index < -0.39 is 5.97 Å². The zero-order valence-corrected chi connectivity index (χ0v) is 12.8. The highest BCUT2D eigenvalue weighted by molar-refractivity contribution is 14.1. The fraction of sp³-hybridized carbons (Fsp3) is 0.0667. The van der Waals surface area contributed by atoms with Crippen LogP contribution in [-0.4, -0.2) is 19.4 Å². The zero-order chi connectivity index (χ0) is 14.5. The Kier molecular flexibility index (Phi) is 4.73. The molecular weight excluding hydrogens is 371 g/mol.